The molecule has 0 bridgehead atoms. The molecule has 0 radical (unpaired) electrons. The first-order chi connectivity index (χ1) is 8.06. The maximum Gasteiger partial charge on any atom is 0.236 e. The number of carbonyl (C=O) groups is 1. The molecule has 1 amide bonds. The zero-order chi connectivity index (χ0) is 12.8. The molecular formula is C12H16BrFN2O. The number of benzene rings is 1. The molecule has 1 rings (SSSR count). The third kappa shape index (κ3) is 4.09. The Morgan fingerprint density at radius 2 is 2.24 bits per heavy atom. The molecule has 0 heterocycles. The van der Waals surface area contributed by atoms with Gasteiger partial charge in [0.25, 0.3) is 0 Å². The summed E-state index contributed by atoms with van der Waals surface area (Å²) in [4.78, 5) is 11.5. The normalized spacial score (nSPS) is 12.2. The number of halogens is 2. The number of hydrogen-bond acceptors (Lipinski definition) is 2. The van der Waals surface area contributed by atoms with Gasteiger partial charge in [0, 0.05) is 13.1 Å². The van der Waals surface area contributed by atoms with E-state index in [-0.39, 0.29) is 17.8 Å². The summed E-state index contributed by atoms with van der Waals surface area (Å²) in [5.41, 5.74) is 0.793. The largest absolute Gasteiger partial charge is 0.355 e. The van der Waals surface area contributed by atoms with Crippen molar-refractivity contribution in [3.05, 3.63) is 34.1 Å². The van der Waals surface area contributed by atoms with Crippen LogP contribution >= 0.6 is 15.9 Å². The maximum atomic E-state index is 13.2. The third-order valence-electron chi connectivity index (χ3n) is 2.37. The second-order valence-electron chi connectivity index (χ2n) is 3.71. The van der Waals surface area contributed by atoms with E-state index in [1.54, 1.807) is 13.0 Å². The summed E-state index contributed by atoms with van der Waals surface area (Å²) in [6, 6.07) is 4.55. The van der Waals surface area contributed by atoms with Crippen LogP contribution < -0.4 is 10.6 Å². The van der Waals surface area contributed by atoms with Crippen molar-refractivity contribution < 1.29 is 9.18 Å². The first kappa shape index (κ1) is 14.1. The molecule has 1 atom stereocenters. The molecule has 0 aliphatic carbocycles. The smallest absolute Gasteiger partial charge is 0.236 e. The summed E-state index contributed by atoms with van der Waals surface area (Å²) in [6.45, 7) is 4.69. The molecule has 5 heteroatoms. The number of carbonyl (C=O) groups excluding carboxylic acids is 1. The van der Waals surface area contributed by atoms with E-state index in [0.29, 0.717) is 17.6 Å². The van der Waals surface area contributed by atoms with Crippen molar-refractivity contribution in [3.8, 4) is 0 Å². The predicted molar refractivity (Wildman–Crippen MR) is 69.1 cm³/mol. The summed E-state index contributed by atoms with van der Waals surface area (Å²) in [5.74, 6) is -0.352. The Morgan fingerprint density at radius 1 is 1.53 bits per heavy atom. The topological polar surface area (TPSA) is 41.1 Å². The van der Waals surface area contributed by atoms with Crippen LogP contribution in [0.4, 0.5) is 4.39 Å². The Hall–Kier alpha value is -0.940. The number of rotatable bonds is 5. The minimum atomic E-state index is -0.301. The highest BCUT2D eigenvalue weighted by Gasteiger charge is 2.12. The van der Waals surface area contributed by atoms with Crippen LogP contribution in [0.15, 0.2) is 22.7 Å². The van der Waals surface area contributed by atoms with E-state index in [4.69, 9.17) is 0 Å². The van der Waals surface area contributed by atoms with Gasteiger partial charge in [0.05, 0.1) is 10.5 Å². The molecule has 1 aromatic carbocycles. The second-order valence-corrected chi connectivity index (χ2v) is 4.50. The first-order valence-corrected chi connectivity index (χ1v) is 6.29. The summed E-state index contributed by atoms with van der Waals surface area (Å²) in [7, 11) is 0. The monoisotopic (exact) mass is 302 g/mol. The van der Waals surface area contributed by atoms with Crippen LogP contribution in [0, 0.1) is 5.82 Å². The number of hydrogen-bond donors (Lipinski definition) is 2. The zero-order valence-corrected chi connectivity index (χ0v) is 11.5. The maximum absolute atomic E-state index is 13.2. The summed E-state index contributed by atoms with van der Waals surface area (Å²) in [5, 5.41) is 5.76. The number of amides is 1. The Bertz CT molecular complexity index is 398. The molecule has 94 valence electrons. The molecule has 0 aromatic heterocycles. The van der Waals surface area contributed by atoms with E-state index in [0.717, 1.165) is 5.56 Å². The van der Waals surface area contributed by atoms with E-state index >= 15 is 0 Å². The molecule has 0 saturated heterocycles. The third-order valence-corrected chi connectivity index (χ3v) is 3.26. The van der Waals surface area contributed by atoms with E-state index in [2.05, 4.69) is 26.6 Å². The quantitative estimate of drug-likeness (QED) is 0.875. The zero-order valence-electron chi connectivity index (χ0n) is 9.89. The van der Waals surface area contributed by atoms with Crippen molar-refractivity contribution in [2.45, 2.75) is 26.4 Å². The lowest BCUT2D eigenvalue weighted by Gasteiger charge is -2.14. The van der Waals surface area contributed by atoms with E-state index < -0.39 is 0 Å². The Labute approximate surface area is 109 Å². The molecule has 0 fully saturated rings. The van der Waals surface area contributed by atoms with E-state index in [1.807, 2.05) is 13.0 Å². The minimum Gasteiger partial charge on any atom is -0.355 e. The van der Waals surface area contributed by atoms with Gasteiger partial charge in [0.2, 0.25) is 5.91 Å². The minimum absolute atomic E-state index is 0.0555. The van der Waals surface area contributed by atoms with Gasteiger partial charge in [-0.05, 0) is 41.4 Å². The van der Waals surface area contributed by atoms with Gasteiger partial charge >= 0.3 is 0 Å². The molecule has 1 unspecified atom stereocenters. The van der Waals surface area contributed by atoms with Gasteiger partial charge in [0.15, 0.2) is 0 Å². The average Bonchev–Trinajstić information content (AvgIpc) is 2.31. The predicted octanol–water partition coefficient (Wildman–Crippen LogP) is 2.20. The van der Waals surface area contributed by atoms with Crippen LogP contribution in [0.2, 0.25) is 0 Å². The van der Waals surface area contributed by atoms with Crippen molar-refractivity contribution in [2.75, 3.05) is 6.54 Å². The van der Waals surface area contributed by atoms with Gasteiger partial charge in [-0.15, -0.1) is 0 Å². The number of nitrogens with one attached hydrogen (secondary N) is 2. The summed E-state index contributed by atoms with van der Waals surface area (Å²) in [6.07, 6.45) is 0. The van der Waals surface area contributed by atoms with Crippen molar-refractivity contribution >= 4 is 21.8 Å². The lowest BCUT2D eigenvalue weighted by Crippen LogP contribution is -2.41. The molecule has 0 spiro atoms. The van der Waals surface area contributed by atoms with E-state index in [1.165, 1.54) is 6.07 Å². The summed E-state index contributed by atoms with van der Waals surface area (Å²) >= 11 is 3.18. The van der Waals surface area contributed by atoms with Gasteiger partial charge in [-0.25, -0.2) is 4.39 Å². The molecule has 0 aliphatic rings. The van der Waals surface area contributed by atoms with Gasteiger partial charge in [-0.3, -0.25) is 4.79 Å². The summed E-state index contributed by atoms with van der Waals surface area (Å²) < 4.78 is 13.7. The van der Waals surface area contributed by atoms with Crippen LogP contribution in [-0.2, 0) is 11.3 Å². The van der Waals surface area contributed by atoms with Gasteiger partial charge in [-0.2, -0.15) is 0 Å². The Morgan fingerprint density at radius 3 is 2.88 bits per heavy atom. The molecule has 3 nitrogen and oxygen atoms in total. The Kier molecular flexibility index (Phi) is 5.58. The molecule has 17 heavy (non-hydrogen) atoms. The Balaban J connectivity index is 2.56. The first-order valence-electron chi connectivity index (χ1n) is 5.50. The fourth-order valence-electron chi connectivity index (χ4n) is 1.37. The highest BCUT2D eigenvalue weighted by molar-refractivity contribution is 9.10. The van der Waals surface area contributed by atoms with Crippen molar-refractivity contribution in [1.29, 1.82) is 0 Å². The lowest BCUT2D eigenvalue weighted by molar-refractivity contribution is -0.122. The average molecular weight is 303 g/mol. The van der Waals surface area contributed by atoms with Gasteiger partial charge in [-0.1, -0.05) is 12.1 Å². The van der Waals surface area contributed by atoms with Crippen molar-refractivity contribution in [2.24, 2.45) is 0 Å². The van der Waals surface area contributed by atoms with E-state index in [9.17, 15) is 9.18 Å². The van der Waals surface area contributed by atoms with Crippen LogP contribution in [0.5, 0.6) is 0 Å². The van der Waals surface area contributed by atoms with Crippen LogP contribution in [0.25, 0.3) is 0 Å². The highest BCUT2D eigenvalue weighted by Crippen LogP contribution is 2.20. The van der Waals surface area contributed by atoms with Crippen molar-refractivity contribution in [3.63, 3.8) is 0 Å². The van der Waals surface area contributed by atoms with Gasteiger partial charge in [0.1, 0.15) is 5.82 Å². The fourth-order valence-corrected chi connectivity index (χ4v) is 1.77. The molecule has 1 aromatic rings. The SMILES string of the molecule is CCNC(=O)C(C)NCc1cccc(F)c1Br. The molecule has 2 N–H and O–H groups in total. The second kappa shape index (κ2) is 6.71. The van der Waals surface area contributed by atoms with Crippen molar-refractivity contribution in [1.82, 2.24) is 10.6 Å². The fraction of sp³-hybridized carbons (Fsp3) is 0.417. The molecular weight excluding hydrogens is 287 g/mol. The highest BCUT2D eigenvalue weighted by atomic mass is 79.9. The van der Waals surface area contributed by atoms with Crippen LogP contribution in [-0.4, -0.2) is 18.5 Å². The molecule has 0 aliphatic heterocycles. The standard InChI is InChI=1S/C12H16BrFN2O/c1-3-15-12(17)8(2)16-7-9-5-4-6-10(14)11(9)13/h4-6,8,16H,3,7H2,1-2H3,(H,15,17). The van der Waals surface area contributed by atoms with Gasteiger partial charge < -0.3 is 10.6 Å². The molecule has 0 saturated carbocycles. The number of likely N-dealkylation sites (N-methyl/N-ethyl adjacent to an activating group) is 1. The van der Waals surface area contributed by atoms with Crippen LogP contribution in [0.3, 0.4) is 0 Å². The lowest BCUT2D eigenvalue weighted by atomic mass is 10.2. The van der Waals surface area contributed by atoms with Crippen LogP contribution in [0.1, 0.15) is 19.4 Å².